The van der Waals surface area contributed by atoms with Gasteiger partial charge in [0.25, 0.3) is 0 Å². The van der Waals surface area contributed by atoms with Crippen molar-refractivity contribution in [2.75, 3.05) is 26.7 Å². The maximum Gasteiger partial charge on any atom is 0.0791 e. The highest BCUT2D eigenvalue weighted by Crippen LogP contribution is 2.26. The summed E-state index contributed by atoms with van der Waals surface area (Å²) in [6.07, 6.45) is 5.05. The van der Waals surface area contributed by atoms with Gasteiger partial charge in [0.2, 0.25) is 0 Å². The molecule has 0 radical (unpaired) electrons. The van der Waals surface area contributed by atoms with Crippen molar-refractivity contribution in [3.05, 3.63) is 0 Å². The molecule has 1 aliphatic rings. The van der Waals surface area contributed by atoms with Gasteiger partial charge in [0.15, 0.2) is 0 Å². The summed E-state index contributed by atoms with van der Waals surface area (Å²) in [4.78, 5) is 2.34. The number of nitrogens with one attached hydrogen (secondary N) is 1. The standard InChI is InChI=1S/C13H28N2O/c1-4-14-9-13(16)10-15(3)12-7-5-11(2)6-8-12/h11-14,16H,4-10H2,1-3H3. The molecule has 1 saturated carbocycles. The first-order valence-electron chi connectivity index (χ1n) is 6.72. The van der Waals surface area contributed by atoms with Crippen LogP contribution in [0.3, 0.4) is 0 Å². The Bertz CT molecular complexity index is 179. The molecule has 1 rings (SSSR count). The zero-order valence-corrected chi connectivity index (χ0v) is 11.1. The van der Waals surface area contributed by atoms with Gasteiger partial charge in [-0.15, -0.1) is 0 Å². The van der Waals surface area contributed by atoms with Crippen LogP contribution >= 0.6 is 0 Å². The van der Waals surface area contributed by atoms with Crippen molar-refractivity contribution in [1.82, 2.24) is 10.2 Å². The third-order valence-electron chi connectivity index (χ3n) is 3.74. The van der Waals surface area contributed by atoms with Gasteiger partial charge in [-0.3, -0.25) is 0 Å². The molecular weight excluding hydrogens is 200 g/mol. The fourth-order valence-electron chi connectivity index (χ4n) is 2.54. The fourth-order valence-corrected chi connectivity index (χ4v) is 2.54. The first kappa shape index (κ1) is 13.9. The van der Waals surface area contributed by atoms with Crippen LogP contribution in [0.2, 0.25) is 0 Å². The average Bonchev–Trinajstić information content (AvgIpc) is 2.27. The molecule has 0 aromatic rings. The Morgan fingerprint density at radius 2 is 1.94 bits per heavy atom. The number of likely N-dealkylation sites (N-methyl/N-ethyl adjacent to an activating group) is 2. The van der Waals surface area contributed by atoms with E-state index in [1.165, 1.54) is 25.7 Å². The molecule has 1 atom stereocenters. The Balaban J connectivity index is 2.20. The van der Waals surface area contributed by atoms with Crippen molar-refractivity contribution in [2.45, 2.75) is 51.7 Å². The molecule has 0 spiro atoms. The molecule has 16 heavy (non-hydrogen) atoms. The van der Waals surface area contributed by atoms with E-state index in [1.54, 1.807) is 0 Å². The molecule has 3 nitrogen and oxygen atoms in total. The van der Waals surface area contributed by atoms with E-state index in [1.807, 2.05) is 0 Å². The highest BCUT2D eigenvalue weighted by molar-refractivity contribution is 4.78. The third kappa shape index (κ3) is 4.81. The number of aliphatic hydroxyl groups is 1. The van der Waals surface area contributed by atoms with E-state index in [9.17, 15) is 5.11 Å². The molecule has 96 valence electrons. The topological polar surface area (TPSA) is 35.5 Å². The summed E-state index contributed by atoms with van der Waals surface area (Å²) in [5, 5.41) is 13.0. The van der Waals surface area contributed by atoms with Gasteiger partial charge < -0.3 is 15.3 Å². The molecule has 1 unspecified atom stereocenters. The fraction of sp³-hybridized carbons (Fsp3) is 1.00. The predicted molar refractivity (Wildman–Crippen MR) is 68.6 cm³/mol. The van der Waals surface area contributed by atoms with Crippen LogP contribution in [0, 0.1) is 5.92 Å². The summed E-state index contributed by atoms with van der Waals surface area (Å²) < 4.78 is 0. The van der Waals surface area contributed by atoms with Crippen molar-refractivity contribution < 1.29 is 5.11 Å². The van der Waals surface area contributed by atoms with Gasteiger partial charge in [-0.1, -0.05) is 13.8 Å². The summed E-state index contributed by atoms with van der Waals surface area (Å²) in [6, 6.07) is 0.687. The molecule has 1 aliphatic carbocycles. The number of rotatable bonds is 6. The molecule has 0 saturated heterocycles. The highest BCUT2D eigenvalue weighted by atomic mass is 16.3. The second-order valence-corrected chi connectivity index (χ2v) is 5.31. The van der Waals surface area contributed by atoms with Crippen LogP contribution in [0.15, 0.2) is 0 Å². The van der Waals surface area contributed by atoms with Crippen molar-refractivity contribution in [1.29, 1.82) is 0 Å². The lowest BCUT2D eigenvalue weighted by Gasteiger charge is -2.34. The Labute approximate surface area is 100 Å². The first-order valence-corrected chi connectivity index (χ1v) is 6.72. The highest BCUT2D eigenvalue weighted by Gasteiger charge is 2.22. The lowest BCUT2D eigenvalue weighted by atomic mass is 9.86. The smallest absolute Gasteiger partial charge is 0.0791 e. The zero-order chi connectivity index (χ0) is 12.0. The van der Waals surface area contributed by atoms with E-state index in [0.717, 1.165) is 19.0 Å². The van der Waals surface area contributed by atoms with Crippen molar-refractivity contribution in [2.24, 2.45) is 5.92 Å². The number of hydrogen-bond donors (Lipinski definition) is 2. The van der Waals surface area contributed by atoms with Crippen molar-refractivity contribution >= 4 is 0 Å². The van der Waals surface area contributed by atoms with Crippen molar-refractivity contribution in [3.8, 4) is 0 Å². The molecule has 0 aliphatic heterocycles. The predicted octanol–water partition coefficient (Wildman–Crippen LogP) is 1.47. The molecule has 0 aromatic heterocycles. The van der Waals surface area contributed by atoms with Crippen LogP contribution in [0.5, 0.6) is 0 Å². The van der Waals surface area contributed by atoms with E-state index in [0.29, 0.717) is 12.6 Å². The molecule has 0 amide bonds. The molecular formula is C13H28N2O. The van der Waals surface area contributed by atoms with Gasteiger partial charge in [-0.25, -0.2) is 0 Å². The maximum absolute atomic E-state index is 9.83. The second kappa shape index (κ2) is 7.25. The summed E-state index contributed by atoms with van der Waals surface area (Å²) in [7, 11) is 2.15. The van der Waals surface area contributed by atoms with Crippen LogP contribution in [0.25, 0.3) is 0 Å². The quantitative estimate of drug-likeness (QED) is 0.722. The molecule has 0 heterocycles. The summed E-state index contributed by atoms with van der Waals surface area (Å²) >= 11 is 0. The average molecular weight is 228 g/mol. The summed E-state index contributed by atoms with van der Waals surface area (Å²) in [6.45, 7) is 6.85. The van der Waals surface area contributed by atoms with Crippen LogP contribution in [-0.4, -0.2) is 48.8 Å². The van der Waals surface area contributed by atoms with Gasteiger partial charge in [0.1, 0.15) is 0 Å². The van der Waals surface area contributed by atoms with E-state index in [4.69, 9.17) is 0 Å². The Morgan fingerprint density at radius 1 is 1.31 bits per heavy atom. The van der Waals surface area contributed by atoms with Gasteiger partial charge in [-0.2, -0.15) is 0 Å². The second-order valence-electron chi connectivity index (χ2n) is 5.31. The van der Waals surface area contributed by atoms with Crippen molar-refractivity contribution in [3.63, 3.8) is 0 Å². The molecule has 0 aromatic carbocycles. The summed E-state index contributed by atoms with van der Waals surface area (Å²) in [5.74, 6) is 0.899. The van der Waals surface area contributed by atoms with Gasteiger partial charge >= 0.3 is 0 Å². The van der Waals surface area contributed by atoms with Crippen LogP contribution in [0.4, 0.5) is 0 Å². The first-order chi connectivity index (χ1) is 7.63. The normalized spacial score (nSPS) is 28.3. The SMILES string of the molecule is CCNCC(O)CN(C)C1CCC(C)CC1. The van der Waals surface area contributed by atoms with E-state index >= 15 is 0 Å². The zero-order valence-electron chi connectivity index (χ0n) is 11.1. The minimum atomic E-state index is -0.232. The lowest BCUT2D eigenvalue weighted by molar-refractivity contribution is 0.0856. The molecule has 2 N–H and O–H groups in total. The number of nitrogens with zero attached hydrogens (tertiary/aromatic N) is 1. The monoisotopic (exact) mass is 228 g/mol. The lowest BCUT2D eigenvalue weighted by Crippen LogP contribution is -2.42. The third-order valence-corrected chi connectivity index (χ3v) is 3.74. The van der Waals surface area contributed by atoms with Gasteiger partial charge in [0, 0.05) is 19.1 Å². The number of aliphatic hydroxyl groups excluding tert-OH is 1. The summed E-state index contributed by atoms with van der Waals surface area (Å²) in [5.41, 5.74) is 0. The van der Waals surface area contributed by atoms with Crippen LogP contribution < -0.4 is 5.32 Å². The van der Waals surface area contributed by atoms with E-state index in [2.05, 4.69) is 31.1 Å². The molecule has 0 bridgehead atoms. The van der Waals surface area contributed by atoms with Gasteiger partial charge in [0.05, 0.1) is 6.10 Å². The van der Waals surface area contributed by atoms with Gasteiger partial charge in [-0.05, 0) is 45.2 Å². The van der Waals surface area contributed by atoms with Crippen LogP contribution in [-0.2, 0) is 0 Å². The van der Waals surface area contributed by atoms with Crippen LogP contribution in [0.1, 0.15) is 39.5 Å². The Morgan fingerprint density at radius 3 is 2.50 bits per heavy atom. The molecule has 3 heteroatoms. The minimum Gasteiger partial charge on any atom is -0.390 e. The maximum atomic E-state index is 9.83. The Kier molecular flexibility index (Phi) is 6.32. The minimum absolute atomic E-state index is 0.232. The number of hydrogen-bond acceptors (Lipinski definition) is 3. The molecule has 1 fully saturated rings. The van der Waals surface area contributed by atoms with E-state index < -0.39 is 0 Å². The van der Waals surface area contributed by atoms with E-state index in [-0.39, 0.29) is 6.10 Å². The Hall–Kier alpha value is -0.120. The largest absolute Gasteiger partial charge is 0.390 e.